The highest BCUT2D eigenvalue weighted by atomic mass is 16.6. The minimum atomic E-state index is -0.794. The average Bonchev–Trinajstić information content (AvgIpc) is 2.66. The molecule has 0 unspecified atom stereocenters. The van der Waals surface area contributed by atoms with Crippen LogP contribution in [-0.2, 0) is 16.0 Å². The standard InChI is InChI=1S/C11H18N4O5/c1-11(2,3)20-10(16)12-9-8(15(17)18)7-14(13-9)5-6-19-4/h7H,5-6H2,1-4H3,(H,12,13,16). The van der Waals surface area contributed by atoms with Gasteiger partial charge in [-0.1, -0.05) is 0 Å². The predicted molar refractivity (Wildman–Crippen MR) is 70.6 cm³/mol. The molecular formula is C11H18N4O5. The van der Waals surface area contributed by atoms with Crippen LogP contribution in [0.2, 0.25) is 0 Å². The molecule has 0 aromatic carbocycles. The van der Waals surface area contributed by atoms with E-state index in [1.54, 1.807) is 20.8 Å². The zero-order valence-corrected chi connectivity index (χ0v) is 11.9. The summed E-state index contributed by atoms with van der Waals surface area (Å²) < 4.78 is 11.2. The number of carbonyl (C=O) groups is 1. The number of hydrogen-bond acceptors (Lipinski definition) is 6. The van der Waals surface area contributed by atoms with Gasteiger partial charge in [0.05, 0.1) is 18.1 Å². The fraction of sp³-hybridized carbons (Fsp3) is 0.636. The van der Waals surface area contributed by atoms with Crippen molar-refractivity contribution in [3.05, 3.63) is 16.3 Å². The van der Waals surface area contributed by atoms with Crippen molar-refractivity contribution in [2.75, 3.05) is 19.0 Å². The predicted octanol–water partition coefficient (Wildman–Crippen LogP) is 1.78. The number of aromatic nitrogens is 2. The number of hydrogen-bond donors (Lipinski definition) is 1. The fourth-order valence-corrected chi connectivity index (χ4v) is 1.33. The van der Waals surface area contributed by atoms with Crippen LogP contribution < -0.4 is 5.32 Å². The Bertz CT molecular complexity index is 491. The van der Waals surface area contributed by atoms with Gasteiger partial charge in [-0.25, -0.2) is 4.79 Å². The quantitative estimate of drug-likeness (QED) is 0.652. The Hall–Kier alpha value is -2.16. The minimum Gasteiger partial charge on any atom is -0.444 e. The Morgan fingerprint density at radius 3 is 2.70 bits per heavy atom. The molecule has 1 N–H and O–H groups in total. The van der Waals surface area contributed by atoms with Gasteiger partial charge in [0.15, 0.2) is 0 Å². The molecule has 0 aliphatic carbocycles. The molecule has 1 heterocycles. The third kappa shape index (κ3) is 4.84. The van der Waals surface area contributed by atoms with Gasteiger partial charge in [-0.15, -0.1) is 5.10 Å². The van der Waals surface area contributed by atoms with Crippen LogP contribution in [0.1, 0.15) is 20.8 Å². The van der Waals surface area contributed by atoms with Gasteiger partial charge in [0.2, 0.25) is 5.82 Å². The smallest absolute Gasteiger partial charge is 0.413 e. The summed E-state index contributed by atoms with van der Waals surface area (Å²) in [5.74, 6) is -0.152. The first-order valence-corrected chi connectivity index (χ1v) is 5.93. The molecule has 0 aliphatic heterocycles. The summed E-state index contributed by atoms with van der Waals surface area (Å²) in [6, 6.07) is 0. The third-order valence-electron chi connectivity index (χ3n) is 2.08. The van der Waals surface area contributed by atoms with Crippen LogP contribution in [0.4, 0.5) is 16.3 Å². The molecule has 0 bridgehead atoms. The van der Waals surface area contributed by atoms with Crippen molar-refractivity contribution in [1.29, 1.82) is 0 Å². The summed E-state index contributed by atoms with van der Waals surface area (Å²) in [7, 11) is 1.51. The van der Waals surface area contributed by atoms with E-state index in [9.17, 15) is 14.9 Å². The maximum absolute atomic E-state index is 11.6. The van der Waals surface area contributed by atoms with Crippen molar-refractivity contribution < 1.29 is 19.2 Å². The molecule has 0 aliphatic rings. The van der Waals surface area contributed by atoms with Crippen molar-refractivity contribution >= 4 is 17.6 Å². The molecule has 112 valence electrons. The van der Waals surface area contributed by atoms with Gasteiger partial charge >= 0.3 is 11.8 Å². The number of ether oxygens (including phenoxy) is 2. The maximum atomic E-state index is 11.6. The molecule has 0 fully saturated rings. The Morgan fingerprint density at radius 2 is 2.20 bits per heavy atom. The molecule has 0 atom stereocenters. The number of nitro groups is 1. The number of anilines is 1. The Kier molecular flexibility index (Phi) is 5.03. The summed E-state index contributed by atoms with van der Waals surface area (Å²) in [6.07, 6.45) is 0.434. The molecule has 1 aromatic heterocycles. The Balaban J connectivity index is 2.84. The van der Waals surface area contributed by atoms with Crippen LogP contribution in [0.5, 0.6) is 0 Å². The average molecular weight is 286 g/mol. The second-order valence-corrected chi connectivity index (χ2v) is 5.00. The van der Waals surface area contributed by atoms with E-state index in [1.807, 2.05) is 0 Å². The highest BCUT2D eigenvalue weighted by Gasteiger charge is 2.24. The van der Waals surface area contributed by atoms with E-state index in [2.05, 4.69) is 10.4 Å². The lowest BCUT2D eigenvalue weighted by Gasteiger charge is -2.18. The molecule has 0 radical (unpaired) electrons. The van der Waals surface area contributed by atoms with E-state index in [1.165, 1.54) is 18.0 Å². The normalized spacial score (nSPS) is 11.2. The van der Waals surface area contributed by atoms with Gasteiger partial charge in [-0.2, -0.15) is 0 Å². The topological polar surface area (TPSA) is 109 Å². The maximum Gasteiger partial charge on any atom is 0.413 e. The Morgan fingerprint density at radius 1 is 1.55 bits per heavy atom. The summed E-state index contributed by atoms with van der Waals surface area (Å²) >= 11 is 0. The highest BCUT2D eigenvalue weighted by Crippen LogP contribution is 2.22. The number of carbonyl (C=O) groups excluding carboxylic acids is 1. The summed E-state index contributed by atoms with van der Waals surface area (Å²) in [5.41, 5.74) is -0.996. The van der Waals surface area contributed by atoms with Gasteiger partial charge < -0.3 is 9.47 Å². The minimum absolute atomic E-state index is 0.152. The highest BCUT2D eigenvalue weighted by molar-refractivity contribution is 5.86. The van der Waals surface area contributed by atoms with Crippen molar-refractivity contribution in [2.24, 2.45) is 0 Å². The van der Waals surface area contributed by atoms with E-state index >= 15 is 0 Å². The number of nitrogens with zero attached hydrogens (tertiary/aromatic N) is 3. The molecule has 0 saturated carbocycles. The first-order valence-electron chi connectivity index (χ1n) is 5.93. The summed E-state index contributed by atoms with van der Waals surface area (Å²) in [5, 5.41) is 17.1. The van der Waals surface area contributed by atoms with E-state index in [4.69, 9.17) is 9.47 Å². The van der Waals surface area contributed by atoms with Gasteiger partial charge in [-0.3, -0.25) is 20.1 Å². The van der Waals surface area contributed by atoms with Crippen molar-refractivity contribution in [1.82, 2.24) is 9.78 Å². The Labute approximate surface area is 116 Å². The van der Waals surface area contributed by atoms with Crippen LogP contribution in [0.3, 0.4) is 0 Å². The molecule has 1 aromatic rings. The van der Waals surface area contributed by atoms with Crippen molar-refractivity contribution in [3.63, 3.8) is 0 Å². The lowest BCUT2D eigenvalue weighted by molar-refractivity contribution is -0.384. The number of amides is 1. The molecule has 0 spiro atoms. The first-order chi connectivity index (χ1) is 9.23. The molecule has 9 heteroatoms. The molecule has 20 heavy (non-hydrogen) atoms. The first kappa shape index (κ1) is 15.9. The van der Waals surface area contributed by atoms with Gasteiger partial charge in [0, 0.05) is 7.11 Å². The number of rotatable bonds is 5. The van der Waals surface area contributed by atoms with E-state index in [-0.39, 0.29) is 11.5 Å². The van der Waals surface area contributed by atoms with E-state index in [0.29, 0.717) is 13.2 Å². The van der Waals surface area contributed by atoms with Gasteiger partial charge in [0.25, 0.3) is 0 Å². The SMILES string of the molecule is COCCn1cc([N+](=O)[O-])c(NC(=O)OC(C)(C)C)n1. The van der Waals surface area contributed by atoms with Crippen LogP contribution in [0, 0.1) is 10.1 Å². The van der Waals surface area contributed by atoms with E-state index < -0.39 is 16.6 Å². The van der Waals surface area contributed by atoms with Crippen molar-refractivity contribution in [2.45, 2.75) is 32.9 Å². The summed E-state index contributed by atoms with van der Waals surface area (Å²) in [6.45, 7) is 5.77. The van der Waals surface area contributed by atoms with Crippen LogP contribution in [-0.4, -0.2) is 40.1 Å². The monoisotopic (exact) mass is 286 g/mol. The van der Waals surface area contributed by atoms with Gasteiger partial charge in [-0.05, 0) is 20.8 Å². The van der Waals surface area contributed by atoms with E-state index in [0.717, 1.165) is 0 Å². The van der Waals surface area contributed by atoms with Crippen LogP contribution in [0.15, 0.2) is 6.20 Å². The fourth-order valence-electron chi connectivity index (χ4n) is 1.33. The van der Waals surface area contributed by atoms with Crippen molar-refractivity contribution in [3.8, 4) is 0 Å². The number of methoxy groups -OCH3 is 1. The lowest BCUT2D eigenvalue weighted by Crippen LogP contribution is -2.27. The molecule has 1 amide bonds. The lowest BCUT2D eigenvalue weighted by atomic mass is 10.2. The largest absolute Gasteiger partial charge is 0.444 e. The molecule has 0 saturated heterocycles. The summed E-state index contributed by atoms with van der Waals surface area (Å²) in [4.78, 5) is 21.9. The second kappa shape index (κ2) is 6.33. The molecular weight excluding hydrogens is 268 g/mol. The van der Waals surface area contributed by atoms with Crippen LogP contribution >= 0.6 is 0 Å². The molecule has 1 rings (SSSR count). The van der Waals surface area contributed by atoms with Gasteiger partial charge in [0.1, 0.15) is 11.8 Å². The second-order valence-electron chi connectivity index (χ2n) is 5.00. The zero-order valence-electron chi connectivity index (χ0n) is 11.9. The van der Waals surface area contributed by atoms with Crippen LogP contribution in [0.25, 0.3) is 0 Å². The zero-order chi connectivity index (χ0) is 15.3. The third-order valence-corrected chi connectivity index (χ3v) is 2.08. The molecule has 9 nitrogen and oxygen atoms in total. The number of nitrogens with one attached hydrogen (secondary N) is 1.